The average Bonchev–Trinajstić information content (AvgIpc) is 2.89. The van der Waals surface area contributed by atoms with Crippen molar-refractivity contribution < 1.29 is 24.1 Å². The smallest absolute Gasteiger partial charge is 0.303 e. The van der Waals surface area contributed by atoms with Crippen molar-refractivity contribution in [2.75, 3.05) is 26.7 Å². The number of aromatic nitrogens is 1. The number of aliphatic hydroxyl groups is 1. The Hall–Kier alpha value is -3.47. The molecule has 1 fully saturated rings. The fraction of sp³-hybridized carbons (Fsp3) is 0.400. The van der Waals surface area contributed by atoms with Crippen LogP contribution < -0.4 is 4.74 Å². The number of methoxy groups -OCH3 is 1. The van der Waals surface area contributed by atoms with Gasteiger partial charge in [-0.2, -0.15) is 0 Å². The van der Waals surface area contributed by atoms with Crippen LogP contribution >= 0.6 is 0 Å². The summed E-state index contributed by atoms with van der Waals surface area (Å²) >= 11 is 0. The van der Waals surface area contributed by atoms with Gasteiger partial charge in [-0.1, -0.05) is 17.9 Å². The molecule has 2 N–H and O–H groups in total. The lowest BCUT2D eigenvalue weighted by atomic mass is 9.79. The van der Waals surface area contributed by atoms with Gasteiger partial charge < -0.3 is 14.9 Å². The third-order valence-electron chi connectivity index (χ3n) is 7.27. The highest BCUT2D eigenvalue weighted by atomic mass is 19.1. The Morgan fingerprint density at radius 1 is 1.24 bits per heavy atom. The molecule has 1 aromatic heterocycles. The number of carboxylic acid groups (broad SMARTS) is 1. The Kier molecular flexibility index (Phi) is 8.75. The van der Waals surface area contributed by atoms with Crippen molar-refractivity contribution in [2.45, 2.75) is 38.7 Å². The predicted molar refractivity (Wildman–Crippen MR) is 141 cm³/mol. The lowest BCUT2D eigenvalue weighted by Crippen LogP contribution is -2.41. The topological polar surface area (TPSA) is 82.9 Å². The molecule has 3 aromatic rings. The van der Waals surface area contributed by atoms with Gasteiger partial charge in [0.1, 0.15) is 11.6 Å². The number of fused-ring (bicyclic) bond motifs is 1. The van der Waals surface area contributed by atoms with E-state index in [0.29, 0.717) is 36.4 Å². The summed E-state index contributed by atoms with van der Waals surface area (Å²) in [6.07, 6.45) is 3.22. The summed E-state index contributed by atoms with van der Waals surface area (Å²) in [6.45, 7) is 3.67. The van der Waals surface area contributed by atoms with E-state index in [9.17, 15) is 19.4 Å². The lowest BCUT2D eigenvalue weighted by molar-refractivity contribution is -0.139. The molecule has 7 heteroatoms. The van der Waals surface area contributed by atoms with Gasteiger partial charge in [-0.15, -0.1) is 0 Å². The van der Waals surface area contributed by atoms with Gasteiger partial charge >= 0.3 is 5.97 Å². The third-order valence-corrected chi connectivity index (χ3v) is 7.27. The quantitative estimate of drug-likeness (QED) is 0.422. The number of halogens is 1. The van der Waals surface area contributed by atoms with E-state index in [4.69, 9.17) is 4.74 Å². The normalized spacial score (nSPS) is 18.7. The highest BCUT2D eigenvalue weighted by Gasteiger charge is 2.31. The summed E-state index contributed by atoms with van der Waals surface area (Å²) in [5.41, 5.74) is 2.82. The predicted octanol–water partition coefficient (Wildman–Crippen LogP) is 4.97. The number of carboxylic acids is 1. The number of aryl methyl sites for hydroxylation is 1. The molecule has 3 atom stereocenters. The van der Waals surface area contributed by atoms with E-state index in [1.54, 1.807) is 32.4 Å². The number of rotatable bonds is 8. The second-order valence-corrected chi connectivity index (χ2v) is 9.78. The zero-order valence-corrected chi connectivity index (χ0v) is 21.3. The summed E-state index contributed by atoms with van der Waals surface area (Å²) in [5, 5.41) is 21.4. The number of hydrogen-bond donors (Lipinski definition) is 2. The van der Waals surface area contributed by atoms with Crippen molar-refractivity contribution in [1.29, 1.82) is 0 Å². The number of ether oxygens (including phenoxy) is 1. The number of aliphatic hydroxyl groups excluding tert-OH is 1. The summed E-state index contributed by atoms with van der Waals surface area (Å²) in [6, 6.07) is 12.4. The number of benzene rings is 2. The van der Waals surface area contributed by atoms with E-state index < -0.39 is 12.1 Å². The Morgan fingerprint density at radius 2 is 2.08 bits per heavy atom. The maximum absolute atomic E-state index is 13.8. The van der Waals surface area contributed by atoms with Gasteiger partial charge in [0.05, 0.1) is 25.3 Å². The Morgan fingerprint density at radius 3 is 2.84 bits per heavy atom. The molecule has 6 nitrogen and oxygen atoms in total. The van der Waals surface area contributed by atoms with Crippen LogP contribution in [0, 0.1) is 36.4 Å². The fourth-order valence-electron chi connectivity index (χ4n) is 5.15. The second kappa shape index (κ2) is 12.2. The zero-order valence-electron chi connectivity index (χ0n) is 21.3. The number of pyridine rings is 1. The van der Waals surface area contributed by atoms with Crippen LogP contribution in [0.25, 0.3) is 10.9 Å². The molecule has 194 valence electrons. The average molecular weight is 505 g/mol. The van der Waals surface area contributed by atoms with Gasteiger partial charge in [-0.3, -0.25) is 14.7 Å². The molecule has 0 amide bonds. The molecule has 0 spiro atoms. The van der Waals surface area contributed by atoms with E-state index >= 15 is 0 Å². The van der Waals surface area contributed by atoms with E-state index in [1.165, 1.54) is 6.07 Å². The van der Waals surface area contributed by atoms with Crippen molar-refractivity contribution in [3.05, 3.63) is 71.2 Å². The first-order valence-corrected chi connectivity index (χ1v) is 12.6. The Balaban J connectivity index is 1.39. The summed E-state index contributed by atoms with van der Waals surface area (Å²) in [5.74, 6) is 5.92. The van der Waals surface area contributed by atoms with E-state index in [1.807, 2.05) is 24.3 Å². The van der Waals surface area contributed by atoms with Gasteiger partial charge in [0.25, 0.3) is 0 Å². The first-order valence-electron chi connectivity index (χ1n) is 12.6. The summed E-state index contributed by atoms with van der Waals surface area (Å²) < 4.78 is 19.1. The standard InChI is InChI=1S/C30H33FN2O4/c1-20-5-6-21(16-27(20)31)4-3-14-33-15-12-22(23(19-33)17-30(35)36)7-10-29(34)25-11-13-32-28-9-8-24(37-2)18-26(25)28/h5-6,8-9,11,13,16,18,22-23,29,34H,7,10,12,14-15,17,19H2,1-2H3,(H,35,36)/t22-,23+,29+/m1/s1. The zero-order chi connectivity index (χ0) is 26.4. The lowest BCUT2D eigenvalue weighted by Gasteiger charge is -2.37. The van der Waals surface area contributed by atoms with Gasteiger partial charge in [0.2, 0.25) is 0 Å². The van der Waals surface area contributed by atoms with Crippen molar-refractivity contribution in [1.82, 2.24) is 9.88 Å². The third kappa shape index (κ3) is 6.85. The number of likely N-dealkylation sites (tertiary alicyclic amines) is 1. The fourth-order valence-corrected chi connectivity index (χ4v) is 5.15. The molecule has 37 heavy (non-hydrogen) atoms. The first-order chi connectivity index (χ1) is 17.8. The number of piperidine rings is 1. The minimum Gasteiger partial charge on any atom is -0.497 e. The largest absolute Gasteiger partial charge is 0.497 e. The van der Waals surface area contributed by atoms with Crippen LogP contribution in [0.2, 0.25) is 0 Å². The van der Waals surface area contributed by atoms with Crippen LogP contribution in [0.1, 0.15) is 48.5 Å². The summed E-state index contributed by atoms with van der Waals surface area (Å²) in [4.78, 5) is 18.1. The molecule has 0 saturated carbocycles. The van der Waals surface area contributed by atoms with Gasteiger partial charge in [0, 0.05) is 30.1 Å². The van der Waals surface area contributed by atoms with Crippen LogP contribution in [0.15, 0.2) is 48.7 Å². The van der Waals surface area contributed by atoms with Gasteiger partial charge in [-0.25, -0.2) is 4.39 Å². The maximum Gasteiger partial charge on any atom is 0.303 e. The highest BCUT2D eigenvalue weighted by molar-refractivity contribution is 5.83. The van der Waals surface area contributed by atoms with Crippen LogP contribution in [0.4, 0.5) is 4.39 Å². The van der Waals surface area contributed by atoms with Gasteiger partial charge in [-0.05, 0) is 92.1 Å². The molecule has 0 aliphatic carbocycles. The maximum atomic E-state index is 13.8. The van der Waals surface area contributed by atoms with Crippen LogP contribution in [-0.4, -0.2) is 52.8 Å². The van der Waals surface area contributed by atoms with Crippen molar-refractivity contribution in [3.8, 4) is 17.6 Å². The van der Waals surface area contributed by atoms with Crippen molar-refractivity contribution in [2.24, 2.45) is 11.8 Å². The molecule has 0 radical (unpaired) electrons. The van der Waals surface area contributed by atoms with Crippen LogP contribution in [0.3, 0.4) is 0 Å². The number of aliphatic carboxylic acids is 1. The molecular formula is C30H33FN2O4. The molecule has 2 heterocycles. The van der Waals surface area contributed by atoms with Crippen molar-refractivity contribution >= 4 is 16.9 Å². The van der Waals surface area contributed by atoms with Crippen molar-refractivity contribution in [3.63, 3.8) is 0 Å². The van der Waals surface area contributed by atoms with Crippen LogP contribution in [-0.2, 0) is 4.79 Å². The van der Waals surface area contributed by atoms with Crippen LogP contribution in [0.5, 0.6) is 5.75 Å². The van der Waals surface area contributed by atoms with E-state index in [0.717, 1.165) is 35.9 Å². The molecule has 1 saturated heterocycles. The first kappa shape index (κ1) is 26.6. The Labute approximate surface area is 217 Å². The SMILES string of the molecule is COc1ccc2nccc([C@@H](O)CC[C@@H]3CCN(CC#Cc4ccc(C)c(F)c4)C[C@@H]3CC(=O)O)c2c1. The monoisotopic (exact) mass is 504 g/mol. The molecule has 2 aromatic carbocycles. The number of nitrogens with zero attached hydrogens (tertiary/aromatic N) is 2. The number of hydrogen-bond acceptors (Lipinski definition) is 5. The second-order valence-electron chi connectivity index (χ2n) is 9.78. The molecule has 0 unspecified atom stereocenters. The molecule has 1 aliphatic heterocycles. The van der Waals surface area contributed by atoms with E-state index in [-0.39, 0.29) is 24.1 Å². The molecule has 0 bridgehead atoms. The van der Waals surface area contributed by atoms with Gasteiger partial charge in [0.15, 0.2) is 0 Å². The molecule has 4 rings (SSSR count). The minimum absolute atomic E-state index is 0.0219. The van der Waals surface area contributed by atoms with E-state index in [2.05, 4.69) is 21.7 Å². The summed E-state index contributed by atoms with van der Waals surface area (Å²) in [7, 11) is 1.61. The minimum atomic E-state index is -0.814. The highest BCUT2D eigenvalue weighted by Crippen LogP contribution is 2.34. The molecular weight excluding hydrogens is 471 g/mol. The number of carbonyl (C=O) groups is 1. The Bertz CT molecular complexity index is 1320. The molecule has 1 aliphatic rings.